The Morgan fingerprint density at radius 1 is 1.03 bits per heavy atom. The van der Waals surface area contributed by atoms with Gasteiger partial charge in [0.1, 0.15) is 18.3 Å². The quantitative estimate of drug-likeness (QED) is 0.447. The maximum absolute atomic E-state index is 9.92. The minimum atomic E-state index is -0.644. The molecule has 3 aromatic heterocycles. The van der Waals surface area contributed by atoms with Crippen LogP contribution in [0.4, 0.5) is 0 Å². The van der Waals surface area contributed by atoms with Gasteiger partial charge in [0.25, 0.3) is 6.01 Å². The van der Waals surface area contributed by atoms with Gasteiger partial charge in [-0.25, -0.2) is 9.97 Å². The van der Waals surface area contributed by atoms with Crippen molar-refractivity contribution in [3.8, 4) is 34.4 Å². The summed E-state index contributed by atoms with van der Waals surface area (Å²) in [5, 5.41) is 10.3. The molecule has 0 radical (unpaired) electrons. The minimum absolute atomic E-state index is 0.231. The Morgan fingerprint density at radius 2 is 1.85 bits per heavy atom. The van der Waals surface area contributed by atoms with Gasteiger partial charge < -0.3 is 29.0 Å². The topological polar surface area (TPSA) is 112 Å². The number of hydrogen-bond acceptors (Lipinski definition) is 8. The van der Waals surface area contributed by atoms with Crippen LogP contribution in [0.15, 0.2) is 48.5 Å². The number of ether oxygens (including phenoxy) is 4. The summed E-state index contributed by atoms with van der Waals surface area (Å²) in [6.07, 6.45) is -1.75. The molecule has 4 atom stereocenters. The minimum Gasteiger partial charge on any atom is -0.480 e. The normalized spacial score (nSPS) is 23.9. The van der Waals surface area contributed by atoms with Gasteiger partial charge in [-0.15, -0.1) is 0 Å². The zero-order valence-electron chi connectivity index (χ0n) is 18.1. The van der Waals surface area contributed by atoms with Crippen molar-refractivity contribution in [2.75, 3.05) is 20.3 Å². The molecule has 174 valence electrons. The molecule has 2 fully saturated rings. The molecule has 0 unspecified atom stereocenters. The van der Waals surface area contributed by atoms with Gasteiger partial charge in [0.15, 0.2) is 11.8 Å². The zero-order valence-corrected chi connectivity index (χ0v) is 18.9. The number of aromatic nitrogens is 4. The number of hydrogen-bond donors (Lipinski definition) is 2. The van der Waals surface area contributed by atoms with Crippen molar-refractivity contribution in [2.24, 2.45) is 0 Å². The molecule has 2 N–H and O–H groups in total. The lowest BCUT2D eigenvalue weighted by molar-refractivity contribution is 0.00706. The van der Waals surface area contributed by atoms with Crippen molar-refractivity contribution < 1.29 is 24.1 Å². The Balaban J connectivity index is 1.31. The standard InChI is InChI=1S/C24H21ClN4O5/c1-31-23-13(7-8-15(26-23)12-5-3-2-4-6-12)19-14(25)9-16-22(28-19)29-24(27-16)34-18-11-33-20-17(30)10-32-21(18)20/h2-9,17-18,20-21,30H,10-11H2,1H3,(H,27,28,29)/t17-,18-,20-,21-/m1/s1. The number of H-pyrrole nitrogens is 1. The van der Waals surface area contributed by atoms with E-state index in [1.807, 2.05) is 42.5 Å². The van der Waals surface area contributed by atoms with Gasteiger partial charge in [0.2, 0.25) is 5.88 Å². The lowest BCUT2D eigenvalue weighted by atomic mass is 10.1. The highest BCUT2D eigenvalue weighted by Gasteiger charge is 2.48. The van der Waals surface area contributed by atoms with E-state index in [0.29, 0.717) is 39.9 Å². The summed E-state index contributed by atoms with van der Waals surface area (Å²) >= 11 is 6.59. The van der Waals surface area contributed by atoms with Gasteiger partial charge in [-0.05, 0) is 18.2 Å². The van der Waals surface area contributed by atoms with Crippen LogP contribution in [0, 0.1) is 0 Å². The number of nitrogens with zero attached hydrogens (tertiary/aromatic N) is 3. The molecule has 2 saturated heterocycles. The number of benzene rings is 1. The summed E-state index contributed by atoms with van der Waals surface area (Å²) in [5.41, 5.74) is 3.98. The number of aliphatic hydroxyl groups is 1. The SMILES string of the molecule is COc1nc(-c2ccccc2)ccc1-c1nc2nc(O[C@@H]3CO[C@H]4[C@@H]3OC[C@H]4O)[nH]c2cc1Cl. The van der Waals surface area contributed by atoms with Gasteiger partial charge in [-0.1, -0.05) is 41.9 Å². The van der Waals surface area contributed by atoms with Crippen LogP contribution < -0.4 is 9.47 Å². The average molecular weight is 481 g/mol. The van der Waals surface area contributed by atoms with Crippen LogP contribution in [0.1, 0.15) is 0 Å². The van der Waals surface area contributed by atoms with Crippen molar-refractivity contribution in [1.29, 1.82) is 0 Å². The molecule has 5 heterocycles. The number of rotatable bonds is 5. The molecule has 0 bridgehead atoms. The highest BCUT2D eigenvalue weighted by molar-refractivity contribution is 6.33. The molecular weight excluding hydrogens is 460 g/mol. The number of fused-ring (bicyclic) bond motifs is 2. The van der Waals surface area contributed by atoms with E-state index in [9.17, 15) is 5.11 Å². The van der Waals surface area contributed by atoms with Crippen LogP contribution in [-0.2, 0) is 9.47 Å². The predicted molar refractivity (Wildman–Crippen MR) is 124 cm³/mol. The van der Waals surface area contributed by atoms with Crippen LogP contribution >= 0.6 is 11.6 Å². The third-order valence-corrected chi connectivity index (χ3v) is 6.32. The maximum Gasteiger partial charge on any atom is 0.296 e. The number of methoxy groups -OCH3 is 1. The molecule has 1 aromatic carbocycles. The molecule has 0 spiro atoms. The zero-order chi connectivity index (χ0) is 23.2. The first-order chi connectivity index (χ1) is 16.6. The summed E-state index contributed by atoms with van der Waals surface area (Å²) in [7, 11) is 1.56. The van der Waals surface area contributed by atoms with Crippen molar-refractivity contribution >= 4 is 22.8 Å². The largest absolute Gasteiger partial charge is 0.480 e. The lowest BCUT2D eigenvalue weighted by Gasteiger charge is -2.15. The van der Waals surface area contributed by atoms with E-state index in [0.717, 1.165) is 11.3 Å². The molecule has 6 rings (SSSR count). The molecule has 0 aliphatic carbocycles. The van der Waals surface area contributed by atoms with Crippen LogP contribution in [0.3, 0.4) is 0 Å². The first-order valence-corrected chi connectivity index (χ1v) is 11.2. The number of imidazole rings is 1. The van der Waals surface area contributed by atoms with Crippen molar-refractivity contribution in [3.63, 3.8) is 0 Å². The van der Waals surface area contributed by atoms with E-state index < -0.39 is 6.10 Å². The third-order valence-electron chi connectivity index (χ3n) is 6.03. The molecule has 10 heteroatoms. The number of pyridine rings is 2. The fraction of sp³-hybridized carbons (Fsp3) is 0.292. The van der Waals surface area contributed by atoms with Crippen molar-refractivity contribution in [3.05, 3.63) is 53.6 Å². The van der Waals surface area contributed by atoms with Gasteiger partial charge >= 0.3 is 0 Å². The predicted octanol–water partition coefficient (Wildman–Crippen LogP) is 3.25. The monoisotopic (exact) mass is 480 g/mol. The smallest absolute Gasteiger partial charge is 0.296 e. The highest BCUT2D eigenvalue weighted by Crippen LogP contribution is 2.36. The maximum atomic E-state index is 9.92. The van der Waals surface area contributed by atoms with E-state index in [-0.39, 0.29) is 30.9 Å². The average Bonchev–Trinajstić information content (AvgIpc) is 3.55. The molecule has 9 nitrogen and oxygen atoms in total. The second kappa shape index (κ2) is 8.52. The highest BCUT2D eigenvalue weighted by atomic mass is 35.5. The van der Waals surface area contributed by atoms with Gasteiger partial charge in [-0.3, -0.25) is 0 Å². The Labute approximate surface area is 199 Å². The van der Waals surface area contributed by atoms with Gasteiger partial charge in [0.05, 0.1) is 47.8 Å². The Kier molecular flexibility index (Phi) is 5.34. The Hall–Kier alpha value is -3.24. The molecule has 0 amide bonds. The summed E-state index contributed by atoms with van der Waals surface area (Å²) in [5.74, 6) is 0.410. The molecule has 2 aliphatic heterocycles. The van der Waals surface area contributed by atoms with Gasteiger partial charge in [0, 0.05) is 5.56 Å². The van der Waals surface area contributed by atoms with Crippen LogP contribution in [0.25, 0.3) is 33.7 Å². The number of aromatic amines is 1. The second-order valence-corrected chi connectivity index (χ2v) is 8.58. The Bertz CT molecular complexity index is 1350. The fourth-order valence-corrected chi connectivity index (χ4v) is 4.63. The number of aliphatic hydroxyl groups excluding tert-OH is 1. The molecule has 2 aliphatic rings. The van der Waals surface area contributed by atoms with E-state index in [1.54, 1.807) is 13.2 Å². The van der Waals surface area contributed by atoms with Crippen molar-refractivity contribution in [1.82, 2.24) is 19.9 Å². The number of halogens is 1. The van der Waals surface area contributed by atoms with E-state index >= 15 is 0 Å². The van der Waals surface area contributed by atoms with Gasteiger partial charge in [-0.2, -0.15) is 4.98 Å². The summed E-state index contributed by atoms with van der Waals surface area (Å²) in [4.78, 5) is 16.9. The van der Waals surface area contributed by atoms with E-state index in [2.05, 4.69) is 19.9 Å². The second-order valence-electron chi connectivity index (χ2n) is 8.17. The van der Waals surface area contributed by atoms with Crippen molar-refractivity contribution in [2.45, 2.75) is 24.4 Å². The number of nitrogens with one attached hydrogen (secondary N) is 1. The summed E-state index contributed by atoms with van der Waals surface area (Å²) in [6, 6.07) is 15.7. The Morgan fingerprint density at radius 3 is 2.68 bits per heavy atom. The fourth-order valence-electron chi connectivity index (χ4n) is 4.37. The van der Waals surface area contributed by atoms with E-state index in [1.165, 1.54) is 0 Å². The molecule has 0 saturated carbocycles. The van der Waals surface area contributed by atoms with E-state index in [4.69, 9.17) is 30.5 Å². The van der Waals surface area contributed by atoms with Crippen LogP contribution in [-0.4, -0.2) is 69.8 Å². The molecule has 4 aromatic rings. The lowest BCUT2D eigenvalue weighted by Crippen LogP contribution is -2.34. The third kappa shape index (κ3) is 3.67. The molecule has 34 heavy (non-hydrogen) atoms. The first-order valence-electron chi connectivity index (χ1n) is 10.9. The first kappa shape index (κ1) is 21.3. The summed E-state index contributed by atoms with van der Waals surface area (Å²) in [6.45, 7) is 0.536. The summed E-state index contributed by atoms with van der Waals surface area (Å²) < 4.78 is 22.8. The molecular formula is C24H21ClN4O5. The van der Waals surface area contributed by atoms with Crippen LogP contribution in [0.2, 0.25) is 5.02 Å². The van der Waals surface area contributed by atoms with Crippen LogP contribution in [0.5, 0.6) is 11.9 Å².